The average Bonchev–Trinajstić information content (AvgIpc) is 2.54. The molecule has 0 fully saturated rings. The molecule has 0 radical (unpaired) electrons. The Balaban J connectivity index is 1.85. The number of carbonyl (C=O) groups excluding carboxylic acids is 1. The van der Waals surface area contributed by atoms with Gasteiger partial charge in [0.05, 0.1) is 0 Å². The van der Waals surface area contributed by atoms with E-state index in [1.54, 1.807) is 11.9 Å². The summed E-state index contributed by atoms with van der Waals surface area (Å²) in [6.45, 7) is 1.14. The Morgan fingerprint density at radius 2 is 1.55 bits per heavy atom. The van der Waals surface area contributed by atoms with Gasteiger partial charge in [-0.1, -0.05) is 42.5 Å². The molecule has 4 nitrogen and oxygen atoms in total. The van der Waals surface area contributed by atoms with E-state index in [1.165, 1.54) is 0 Å². The van der Waals surface area contributed by atoms with Gasteiger partial charge in [-0.05, 0) is 23.3 Å². The molecule has 22 heavy (non-hydrogen) atoms. The maximum atomic E-state index is 12.1. The highest BCUT2D eigenvalue weighted by atomic mass is 16.2. The number of urea groups is 1. The fraction of sp³-hybridized carbons (Fsp3) is 0.278. The van der Waals surface area contributed by atoms with Gasteiger partial charge < -0.3 is 15.1 Å². The van der Waals surface area contributed by atoms with Crippen LogP contribution in [0.3, 0.4) is 0 Å². The third-order valence-electron chi connectivity index (χ3n) is 3.51. The molecule has 0 atom stereocenters. The summed E-state index contributed by atoms with van der Waals surface area (Å²) in [5.74, 6) is 0. The zero-order chi connectivity index (χ0) is 15.9. The SMILES string of the molecule is CN(Cc1ccc(N(C)C)cc1)C(=O)NCc1ccccc1. The van der Waals surface area contributed by atoms with Gasteiger partial charge in [-0.3, -0.25) is 0 Å². The van der Waals surface area contributed by atoms with Crippen LogP contribution in [0.1, 0.15) is 11.1 Å². The molecule has 0 aliphatic rings. The molecular formula is C18H23N3O. The van der Waals surface area contributed by atoms with Gasteiger partial charge in [-0.25, -0.2) is 4.79 Å². The molecule has 2 amide bonds. The first-order valence-corrected chi connectivity index (χ1v) is 7.35. The molecule has 0 spiro atoms. The summed E-state index contributed by atoms with van der Waals surface area (Å²) in [5.41, 5.74) is 3.36. The minimum atomic E-state index is -0.0689. The van der Waals surface area contributed by atoms with Crippen LogP contribution < -0.4 is 10.2 Å². The number of carbonyl (C=O) groups is 1. The second-order valence-corrected chi connectivity index (χ2v) is 5.56. The maximum Gasteiger partial charge on any atom is 0.317 e. The molecule has 0 aliphatic carbocycles. The van der Waals surface area contributed by atoms with Crippen LogP contribution in [0.15, 0.2) is 54.6 Å². The summed E-state index contributed by atoms with van der Waals surface area (Å²) < 4.78 is 0. The Hall–Kier alpha value is -2.49. The normalized spacial score (nSPS) is 10.1. The van der Waals surface area contributed by atoms with Crippen LogP contribution in [-0.4, -0.2) is 32.1 Å². The van der Waals surface area contributed by atoms with Crippen LogP contribution in [0, 0.1) is 0 Å². The van der Waals surface area contributed by atoms with Crippen LogP contribution in [0.2, 0.25) is 0 Å². The van der Waals surface area contributed by atoms with E-state index in [0.717, 1.165) is 16.8 Å². The van der Waals surface area contributed by atoms with Crippen LogP contribution in [0.4, 0.5) is 10.5 Å². The summed E-state index contributed by atoms with van der Waals surface area (Å²) in [5, 5.41) is 2.93. The second-order valence-electron chi connectivity index (χ2n) is 5.56. The number of hydrogen-bond donors (Lipinski definition) is 1. The fourth-order valence-electron chi connectivity index (χ4n) is 2.15. The predicted molar refractivity (Wildman–Crippen MR) is 90.9 cm³/mol. The number of nitrogens with one attached hydrogen (secondary N) is 1. The highest BCUT2D eigenvalue weighted by molar-refractivity contribution is 5.73. The first-order chi connectivity index (χ1) is 10.6. The quantitative estimate of drug-likeness (QED) is 0.920. The van der Waals surface area contributed by atoms with Crippen molar-refractivity contribution in [1.29, 1.82) is 0 Å². The van der Waals surface area contributed by atoms with Gasteiger partial charge in [0.2, 0.25) is 0 Å². The van der Waals surface area contributed by atoms with Crippen molar-refractivity contribution in [2.75, 3.05) is 26.0 Å². The van der Waals surface area contributed by atoms with E-state index in [0.29, 0.717) is 13.1 Å². The second kappa shape index (κ2) is 7.50. The highest BCUT2D eigenvalue weighted by Crippen LogP contribution is 2.13. The van der Waals surface area contributed by atoms with Crippen LogP contribution in [-0.2, 0) is 13.1 Å². The topological polar surface area (TPSA) is 35.6 Å². The van der Waals surface area contributed by atoms with Gasteiger partial charge in [-0.15, -0.1) is 0 Å². The lowest BCUT2D eigenvalue weighted by atomic mass is 10.2. The zero-order valence-electron chi connectivity index (χ0n) is 13.4. The standard InChI is InChI=1S/C18H23N3O/c1-20(2)17-11-9-16(10-12-17)14-21(3)18(22)19-13-15-7-5-4-6-8-15/h4-12H,13-14H2,1-3H3,(H,19,22). The molecule has 0 aromatic heterocycles. The molecule has 1 N–H and O–H groups in total. The van der Waals surface area contributed by atoms with Crippen LogP contribution in [0.5, 0.6) is 0 Å². The lowest BCUT2D eigenvalue weighted by Gasteiger charge is -2.19. The fourth-order valence-corrected chi connectivity index (χ4v) is 2.15. The number of benzene rings is 2. The lowest BCUT2D eigenvalue weighted by Crippen LogP contribution is -2.36. The van der Waals surface area contributed by atoms with Gasteiger partial charge in [0.1, 0.15) is 0 Å². The third-order valence-corrected chi connectivity index (χ3v) is 3.51. The monoisotopic (exact) mass is 297 g/mol. The van der Waals surface area contributed by atoms with Crippen molar-refractivity contribution in [3.8, 4) is 0 Å². The Bertz CT molecular complexity index is 593. The Morgan fingerprint density at radius 1 is 0.909 bits per heavy atom. The molecule has 0 unspecified atom stereocenters. The maximum absolute atomic E-state index is 12.1. The van der Waals surface area contributed by atoms with E-state index < -0.39 is 0 Å². The van der Waals surface area contributed by atoms with Crippen molar-refractivity contribution in [3.63, 3.8) is 0 Å². The molecule has 116 valence electrons. The molecule has 2 rings (SSSR count). The first kappa shape index (κ1) is 15.9. The van der Waals surface area contributed by atoms with Gasteiger partial charge >= 0.3 is 6.03 Å². The predicted octanol–water partition coefficient (Wildman–Crippen LogP) is 3.09. The summed E-state index contributed by atoms with van der Waals surface area (Å²) >= 11 is 0. The molecule has 0 aliphatic heterocycles. The third kappa shape index (κ3) is 4.52. The van der Waals surface area contributed by atoms with E-state index in [2.05, 4.69) is 34.5 Å². The minimum absolute atomic E-state index is 0.0689. The van der Waals surface area contributed by atoms with E-state index in [1.807, 2.05) is 44.4 Å². The summed E-state index contributed by atoms with van der Waals surface area (Å²) in [6.07, 6.45) is 0. The van der Waals surface area contributed by atoms with Crippen molar-refractivity contribution < 1.29 is 4.79 Å². The van der Waals surface area contributed by atoms with Crippen molar-refractivity contribution in [3.05, 3.63) is 65.7 Å². The molecule has 2 aromatic rings. The van der Waals surface area contributed by atoms with Gasteiger partial charge in [0.25, 0.3) is 0 Å². The zero-order valence-corrected chi connectivity index (χ0v) is 13.4. The summed E-state index contributed by atoms with van der Waals surface area (Å²) in [7, 11) is 5.83. The summed E-state index contributed by atoms with van der Waals surface area (Å²) in [6, 6.07) is 18.1. The number of anilines is 1. The number of nitrogens with zero attached hydrogens (tertiary/aromatic N) is 2. The molecular weight excluding hydrogens is 274 g/mol. The van der Waals surface area contributed by atoms with Crippen molar-refractivity contribution >= 4 is 11.7 Å². The van der Waals surface area contributed by atoms with Crippen molar-refractivity contribution in [2.45, 2.75) is 13.1 Å². The van der Waals surface area contributed by atoms with Gasteiger partial charge in [0, 0.05) is 39.9 Å². The highest BCUT2D eigenvalue weighted by Gasteiger charge is 2.08. The Morgan fingerprint density at radius 3 is 2.14 bits per heavy atom. The van der Waals surface area contributed by atoms with E-state index >= 15 is 0 Å². The molecule has 0 heterocycles. The minimum Gasteiger partial charge on any atom is -0.378 e. The van der Waals surface area contributed by atoms with E-state index in [4.69, 9.17) is 0 Å². The number of hydrogen-bond acceptors (Lipinski definition) is 2. The number of amides is 2. The molecule has 0 saturated carbocycles. The van der Waals surface area contributed by atoms with Gasteiger partial charge in [0.15, 0.2) is 0 Å². The number of rotatable bonds is 5. The largest absolute Gasteiger partial charge is 0.378 e. The molecule has 4 heteroatoms. The Labute approximate surface area is 132 Å². The van der Waals surface area contributed by atoms with E-state index in [-0.39, 0.29) is 6.03 Å². The molecule has 0 saturated heterocycles. The smallest absolute Gasteiger partial charge is 0.317 e. The lowest BCUT2D eigenvalue weighted by molar-refractivity contribution is 0.206. The van der Waals surface area contributed by atoms with Crippen molar-refractivity contribution in [2.24, 2.45) is 0 Å². The molecule has 2 aromatic carbocycles. The summed E-state index contributed by atoms with van der Waals surface area (Å²) in [4.78, 5) is 15.8. The van der Waals surface area contributed by atoms with E-state index in [9.17, 15) is 4.79 Å². The first-order valence-electron chi connectivity index (χ1n) is 7.35. The van der Waals surface area contributed by atoms with Crippen LogP contribution >= 0.6 is 0 Å². The van der Waals surface area contributed by atoms with Crippen molar-refractivity contribution in [1.82, 2.24) is 10.2 Å². The molecule has 0 bridgehead atoms. The van der Waals surface area contributed by atoms with Crippen LogP contribution in [0.25, 0.3) is 0 Å². The van der Waals surface area contributed by atoms with Gasteiger partial charge in [-0.2, -0.15) is 0 Å². The average molecular weight is 297 g/mol. The Kier molecular flexibility index (Phi) is 5.42.